The maximum absolute atomic E-state index is 12.0. The second-order valence-corrected chi connectivity index (χ2v) is 5.70. The van der Waals surface area contributed by atoms with E-state index in [1.54, 1.807) is 18.9 Å². The summed E-state index contributed by atoms with van der Waals surface area (Å²) < 4.78 is 5.27. The molecule has 3 nitrogen and oxygen atoms in total. The van der Waals surface area contributed by atoms with E-state index in [1.807, 2.05) is 24.3 Å². The van der Waals surface area contributed by atoms with Gasteiger partial charge in [-0.2, -0.15) is 0 Å². The third-order valence-corrected chi connectivity index (χ3v) is 4.49. The minimum Gasteiger partial charge on any atom is -0.496 e. The van der Waals surface area contributed by atoms with Crippen LogP contribution >= 0.6 is 11.8 Å². The SMILES string of the molecule is COc1ccccc1CNC(=O)C1CCCCS1. The van der Waals surface area contributed by atoms with Crippen molar-refractivity contribution in [1.82, 2.24) is 5.32 Å². The molecule has 1 fully saturated rings. The first-order valence-corrected chi connectivity index (χ1v) is 7.37. The zero-order chi connectivity index (χ0) is 12.8. The summed E-state index contributed by atoms with van der Waals surface area (Å²) in [7, 11) is 1.65. The number of para-hydroxylation sites is 1. The van der Waals surface area contributed by atoms with E-state index in [0.717, 1.165) is 23.5 Å². The van der Waals surface area contributed by atoms with Crippen LogP contribution in [0.4, 0.5) is 0 Å². The van der Waals surface area contributed by atoms with Crippen molar-refractivity contribution in [3.8, 4) is 5.75 Å². The van der Waals surface area contributed by atoms with Gasteiger partial charge in [-0.05, 0) is 24.7 Å². The molecule has 0 aliphatic carbocycles. The summed E-state index contributed by atoms with van der Waals surface area (Å²) in [6.07, 6.45) is 3.41. The van der Waals surface area contributed by atoms with Gasteiger partial charge in [-0.25, -0.2) is 0 Å². The maximum Gasteiger partial charge on any atom is 0.233 e. The highest BCUT2D eigenvalue weighted by Gasteiger charge is 2.21. The molecular formula is C14H19NO2S. The Morgan fingerprint density at radius 3 is 3.00 bits per heavy atom. The summed E-state index contributed by atoms with van der Waals surface area (Å²) >= 11 is 1.77. The molecule has 1 aromatic rings. The smallest absolute Gasteiger partial charge is 0.233 e. The first-order chi connectivity index (χ1) is 8.81. The molecule has 0 spiro atoms. The first kappa shape index (κ1) is 13.3. The molecule has 1 N–H and O–H groups in total. The Labute approximate surface area is 112 Å². The predicted molar refractivity (Wildman–Crippen MR) is 74.9 cm³/mol. The molecule has 1 heterocycles. The molecule has 1 unspecified atom stereocenters. The first-order valence-electron chi connectivity index (χ1n) is 6.32. The second kappa shape index (κ2) is 6.69. The van der Waals surface area contributed by atoms with Crippen molar-refractivity contribution < 1.29 is 9.53 Å². The average Bonchev–Trinajstić information content (AvgIpc) is 2.46. The van der Waals surface area contributed by atoms with Crippen molar-refractivity contribution in [3.63, 3.8) is 0 Å². The summed E-state index contributed by atoms with van der Waals surface area (Å²) in [4.78, 5) is 12.0. The van der Waals surface area contributed by atoms with Crippen molar-refractivity contribution in [2.24, 2.45) is 0 Å². The summed E-state index contributed by atoms with van der Waals surface area (Å²) in [5.41, 5.74) is 1.02. The van der Waals surface area contributed by atoms with E-state index < -0.39 is 0 Å². The van der Waals surface area contributed by atoms with E-state index in [0.29, 0.717) is 6.54 Å². The lowest BCUT2D eigenvalue weighted by atomic mass is 10.1. The van der Waals surface area contributed by atoms with Crippen LogP contribution in [0.2, 0.25) is 0 Å². The van der Waals surface area contributed by atoms with Crippen LogP contribution in [-0.2, 0) is 11.3 Å². The lowest BCUT2D eigenvalue weighted by Gasteiger charge is -2.20. The van der Waals surface area contributed by atoms with Gasteiger partial charge in [-0.3, -0.25) is 4.79 Å². The van der Waals surface area contributed by atoms with Gasteiger partial charge in [-0.15, -0.1) is 11.8 Å². The van der Waals surface area contributed by atoms with Crippen LogP contribution in [0.15, 0.2) is 24.3 Å². The molecule has 1 aliphatic heterocycles. The number of amides is 1. The van der Waals surface area contributed by atoms with Crippen LogP contribution in [0.1, 0.15) is 24.8 Å². The number of hydrogen-bond donors (Lipinski definition) is 1. The van der Waals surface area contributed by atoms with E-state index in [4.69, 9.17) is 4.74 Å². The van der Waals surface area contributed by atoms with E-state index in [1.165, 1.54) is 12.8 Å². The fourth-order valence-electron chi connectivity index (χ4n) is 2.09. The molecule has 1 amide bonds. The van der Waals surface area contributed by atoms with E-state index in [2.05, 4.69) is 5.32 Å². The normalized spacial score (nSPS) is 19.3. The van der Waals surface area contributed by atoms with E-state index in [9.17, 15) is 4.79 Å². The topological polar surface area (TPSA) is 38.3 Å². The van der Waals surface area contributed by atoms with Crippen LogP contribution in [0.3, 0.4) is 0 Å². The summed E-state index contributed by atoms with van der Waals surface area (Å²) in [5.74, 6) is 2.09. The number of benzene rings is 1. The zero-order valence-corrected chi connectivity index (χ0v) is 11.5. The third kappa shape index (κ3) is 3.42. The number of thioether (sulfide) groups is 1. The second-order valence-electron chi connectivity index (χ2n) is 4.38. The fourth-order valence-corrected chi connectivity index (χ4v) is 3.32. The number of ether oxygens (including phenoxy) is 1. The number of methoxy groups -OCH3 is 1. The predicted octanol–water partition coefficient (Wildman–Crippen LogP) is 2.60. The Kier molecular flexibility index (Phi) is 4.93. The Morgan fingerprint density at radius 1 is 1.44 bits per heavy atom. The summed E-state index contributed by atoms with van der Waals surface area (Å²) in [6, 6.07) is 7.78. The highest BCUT2D eigenvalue weighted by atomic mass is 32.2. The van der Waals surface area contributed by atoms with Crippen molar-refractivity contribution in [3.05, 3.63) is 29.8 Å². The Morgan fingerprint density at radius 2 is 2.28 bits per heavy atom. The van der Waals surface area contributed by atoms with Crippen LogP contribution in [-0.4, -0.2) is 24.0 Å². The van der Waals surface area contributed by atoms with Crippen LogP contribution in [0, 0.1) is 0 Å². The number of carbonyl (C=O) groups excluding carboxylic acids is 1. The summed E-state index contributed by atoms with van der Waals surface area (Å²) in [5, 5.41) is 3.14. The Balaban J connectivity index is 1.88. The number of carbonyl (C=O) groups is 1. The van der Waals surface area contributed by atoms with Gasteiger partial charge in [0.05, 0.1) is 12.4 Å². The quantitative estimate of drug-likeness (QED) is 0.909. The Hall–Kier alpha value is -1.16. The third-order valence-electron chi connectivity index (χ3n) is 3.12. The van der Waals surface area contributed by atoms with Crippen LogP contribution < -0.4 is 10.1 Å². The molecule has 1 aromatic carbocycles. The largest absolute Gasteiger partial charge is 0.496 e. The average molecular weight is 265 g/mol. The van der Waals surface area contributed by atoms with Gasteiger partial charge in [-0.1, -0.05) is 24.6 Å². The molecule has 1 aliphatic rings. The molecule has 98 valence electrons. The standard InChI is InChI=1S/C14H19NO2S/c1-17-12-7-3-2-6-11(12)10-15-14(16)13-8-4-5-9-18-13/h2-3,6-7,13H,4-5,8-10H2,1H3,(H,15,16). The van der Waals surface area contributed by atoms with Crippen LogP contribution in [0.25, 0.3) is 0 Å². The van der Waals surface area contributed by atoms with Gasteiger partial charge < -0.3 is 10.1 Å². The molecule has 2 rings (SSSR count). The van der Waals surface area contributed by atoms with Gasteiger partial charge in [0.15, 0.2) is 0 Å². The lowest BCUT2D eigenvalue weighted by Crippen LogP contribution is -2.33. The minimum atomic E-state index is 0.133. The van der Waals surface area contributed by atoms with Crippen LogP contribution in [0.5, 0.6) is 5.75 Å². The number of rotatable bonds is 4. The molecule has 0 saturated carbocycles. The Bertz CT molecular complexity index is 403. The number of hydrogen-bond acceptors (Lipinski definition) is 3. The molecule has 18 heavy (non-hydrogen) atoms. The summed E-state index contributed by atoms with van der Waals surface area (Å²) in [6.45, 7) is 0.542. The van der Waals surface area contributed by atoms with Gasteiger partial charge in [0.2, 0.25) is 5.91 Å². The van der Waals surface area contributed by atoms with E-state index in [-0.39, 0.29) is 11.2 Å². The van der Waals surface area contributed by atoms with Crippen molar-refractivity contribution >= 4 is 17.7 Å². The molecule has 1 saturated heterocycles. The van der Waals surface area contributed by atoms with Crippen molar-refractivity contribution in [2.45, 2.75) is 31.1 Å². The van der Waals surface area contributed by atoms with Gasteiger partial charge in [0, 0.05) is 12.1 Å². The molecule has 0 bridgehead atoms. The maximum atomic E-state index is 12.0. The number of nitrogens with one attached hydrogen (secondary N) is 1. The van der Waals surface area contributed by atoms with Gasteiger partial charge in [0.25, 0.3) is 0 Å². The molecule has 0 radical (unpaired) electrons. The molecule has 4 heteroatoms. The molecule has 0 aromatic heterocycles. The van der Waals surface area contributed by atoms with Gasteiger partial charge in [0.1, 0.15) is 5.75 Å². The highest BCUT2D eigenvalue weighted by Crippen LogP contribution is 2.25. The zero-order valence-electron chi connectivity index (χ0n) is 10.6. The monoisotopic (exact) mass is 265 g/mol. The van der Waals surface area contributed by atoms with E-state index >= 15 is 0 Å². The van der Waals surface area contributed by atoms with Crippen molar-refractivity contribution in [2.75, 3.05) is 12.9 Å². The fraction of sp³-hybridized carbons (Fsp3) is 0.500. The minimum absolute atomic E-state index is 0.133. The molecule has 1 atom stereocenters. The molecular weight excluding hydrogens is 246 g/mol. The van der Waals surface area contributed by atoms with Crippen molar-refractivity contribution in [1.29, 1.82) is 0 Å². The highest BCUT2D eigenvalue weighted by molar-refractivity contribution is 8.00. The van der Waals surface area contributed by atoms with Gasteiger partial charge >= 0.3 is 0 Å². The lowest BCUT2D eigenvalue weighted by molar-refractivity contribution is -0.120.